The zero-order chi connectivity index (χ0) is 18.4. The molecule has 5 nitrogen and oxygen atoms in total. The van der Waals surface area contributed by atoms with Crippen molar-refractivity contribution in [2.75, 3.05) is 13.1 Å². The topological polar surface area (TPSA) is 75.4 Å². The normalized spacial score (nSPS) is 18.1. The molecule has 0 bridgehead atoms. The van der Waals surface area contributed by atoms with Gasteiger partial charge in [0.25, 0.3) is 0 Å². The summed E-state index contributed by atoms with van der Waals surface area (Å²) >= 11 is 5.44. The third kappa shape index (κ3) is 4.81. The lowest BCUT2D eigenvalue weighted by Gasteiger charge is -2.38. The first kappa shape index (κ1) is 19.9. The van der Waals surface area contributed by atoms with Crippen LogP contribution in [-0.2, 0) is 16.0 Å². The highest BCUT2D eigenvalue weighted by atomic mass is 35.5. The number of hydrogen-bond donors (Lipinski definition) is 2. The second-order valence-corrected chi connectivity index (χ2v) is 7.19. The highest BCUT2D eigenvalue weighted by molar-refractivity contribution is 6.13. The maximum atomic E-state index is 12.9. The van der Waals surface area contributed by atoms with Crippen molar-refractivity contribution in [1.82, 2.24) is 9.74 Å². The summed E-state index contributed by atoms with van der Waals surface area (Å²) in [6, 6.07) is 6.79. The molecular formula is C19H28ClN3O2. The van der Waals surface area contributed by atoms with Gasteiger partial charge in [-0.2, -0.15) is 0 Å². The van der Waals surface area contributed by atoms with Gasteiger partial charge >= 0.3 is 0 Å². The number of amides is 1. The molecule has 3 N–H and O–H groups in total. The van der Waals surface area contributed by atoms with Crippen molar-refractivity contribution in [3.05, 3.63) is 35.4 Å². The van der Waals surface area contributed by atoms with Crippen molar-refractivity contribution >= 4 is 23.5 Å². The zero-order valence-corrected chi connectivity index (χ0v) is 15.8. The van der Waals surface area contributed by atoms with Gasteiger partial charge in [-0.15, -0.1) is 0 Å². The number of nitrogens with two attached hydrogens (primary N) is 1. The fourth-order valence-corrected chi connectivity index (χ4v) is 3.45. The number of Topliss-reactive ketones (excluding diaryl/α,β-unsaturated/α-hetero) is 1. The summed E-state index contributed by atoms with van der Waals surface area (Å²) in [4.78, 5) is 30.0. The van der Waals surface area contributed by atoms with E-state index >= 15 is 0 Å². The Hall–Kier alpha value is -1.43. The van der Waals surface area contributed by atoms with E-state index in [1.807, 2.05) is 38.1 Å². The monoisotopic (exact) mass is 365 g/mol. The molecule has 1 aromatic rings. The third-order valence-corrected chi connectivity index (χ3v) is 4.95. The summed E-state index contributed by atoms with van der Waals surface area (Å²) in [6.45, 7) is 4.98. The highest BCUT2D eigenvalue weighted by Gasteiger charge is 2.37. The molecule has 0 saturated heterocycles. The van der Waals surface area contributed by atoms with E-state index in [9.17, 15) is 9.59 Å². The summed E-state index contributed by atoms with van der Waals surface area (Å²) < 4.78 is 0. The first-order valence-electron chi connectivity index (χ1n) is 8.98. The molecule has 1 heterocycles. The molecule has 25 heavy (non-hydrogen) atoms. The van der Waals surface area contributed by atoms with Crippen LogP contribution in [0.15, 0.2) is 24.3 Å². The number of carbonyl (C=O) groups is 2. The van der Waals surface area contributed by atoms with Crippen LogP contribution >= 0.6 is 11.8 Å². The maximum Gasteiger partial charge on any atom is 0.240 e. The number of benzene rings is 1. The van der Waals surface area contributed by atoms with Gasteiger partial charge in [-0.05, 0) is 42.2 Å². The minimum absolute atomic E-state index is 0.0686. The van der Waals surface area contributed by atoms with Crippen LogP contribution in [0.1, 0.15) is 50.3 Å². The van der Waals surface area contributed by atoms with E-state index in [0.717, 1.165) is 30.4 Å². The molecule has 6 heteroatoms. The van der Waals surface area contributed by atoms with E-state index in [0.29, 0.717) is 19.5 Å². The largest absolute Gasteiger partial charge is 0.327 e. The number of nitrogens with one attached hydrogen (secondary N) is 1. The molecule has 1 aliphatic rings. The Balaban J connectivity index is 2.17. The van der Waals surface area contributed by atoms with Crippen LogP contribution in [0.25, 0.3) is 0 Å². The number of fused-ring (bicyclic) bond motifs is 1. The van der Waals surface area contributed by atoms with E-state index < -0.39 is 12.1 Å². The number of unbranched alkanes of at least 4 members (excludes halogenated alkanes) is 1. The maximum absolute atomic E-state index is 12.9. The number of ketones is 1. The molecule has 1 aliphatic heterocycles. The zero-order valence-electron chi connectivity index (χ0n) is 15.0. The third-order valence-electron chi connectivity index (χ3n) is 4.76. The smallest absolute Gasteiger partial charge is 0.240 e. The van der Waals surface area contributed by atoms with Crippen molar-refractivity contribution < 1.29 is 9.59 Å². The molecule has 2 atom stereocenters. The average Bonchev–Trinajstić information content (AvgIpc) is 2.62. The van der Waals surface area contributed by atoms with Crippen LogP contribution in [0.5, 0.6) is 0 Å². The number of rotatable bonds is 8. The Morgan fingerprint density at radius 1 is 1.32 bits per heavy atom. The minimum atomic E-state index is -0.581. The van der Waals surface area contributed by atoms with Crippen LogP contribution in [0.4, 0.5) is 0 Å². The minimum Gasteiger partial charge on any atom is -0.327 e. The number of carbonyl (C=O) groups excluding carboxylic acids is 2. The highest BCUT2D eigenvalue weighted by Crippen LogP contribution is 2.32. The molecule has 0 aliphatic carbocycles. The molecule has 0 spiro atoms. The molecule has 1 amide bonds. The molecule has 0 saturated carbocycles. The second-order valence-electron chi connectivity index (χ2n) is 6.93. The number of nitrogens with zero attached hydrogens (tertiary/aromatic N) is 1. The molecule has 0 radical (unpaired) electrons. The summed E-state index contributed by atoms with van der Waals surface area (Å²) in [5, 5.41) is 0. The Kier molecular flexibility index (Phi) is 7.41. The van der Waals surface area contributed by atoms with Crippen molar-refractivity contribution in [3.63, 3.8) is 0 Å². The Bertz CT molecular complexity index is 606. The van der Waals surface area contributed by atoms with Gasteiger partial charge in [-0.25, -0.2) is 4.84 Å². The van der Waals surface area contributed by atoms with E-state index in [1.54, 1.807) is 4.90 Å². The van der Waals surface area contributed by atoms with Crippen LogP contribution in [-0.4, -0.2) is 35.7 Å². The fraction of sp³-hybridized carbons (Fsp3) is 0.579. The lowest BCUT2D eigenvalue weighted by atomic mass is 9.86. The molecule has 0 unspecified atom stereocenters. The quantitative estimate of drug-likeness (QED) is 0.548. The number of hydrogen-bond acceptors (Lipinski definition) is 4. The second kappa shape index (κ2) is 9.32. The van der Waals surface area contributed by atoms with Gasteiger partial charge in [-0.3, -0.25) is 9.59 Å². The Morgan fingerprint density at radius 3 is 2.72 bits per heavy atom. The van der Waals surface area contributed by atoms with Gasteiger partial charge < -0.3 is 10.6 Å². The SMILES string of the molecule is CC(C)C(=O)[C@@H]1c2ccccc2CCN1C(=O)[C@@H](N)CCCCNCl. The van der Waals surface area contributed by atoms with Gasteiger partial charge in [0.05, 0.1) is 6.04 Å². The summed E-state index contributed by atoms with van der Waals surface area (Å²) in [5.74, 6) is -0.205. The van der Waals surface area contributed by atoms with Crippen LogP contribution in [0.2, 0.25) is 0 Å². The van der Waals surface area contributed by atoms with Crippen LogP contribution < -0.4 is 10.6 Å². The summed E-state index contributed by atoms with van der Waals surface area (Å²) in [7, 11) is 0. The molecule has 0 aromatic heterocycles. The van der Waals surface area contributed by atoms with Gasteiger partial charge in [-0.1, -0.05) is 44.5 Å². The first-order valence-corrected chi connectivity index (χ1v) is 9.36. The molecular weight excluding hydrogens is 338 g/mol. The standard InChI is InChI=1S/C19H28ClN3O2/c1-13(2)18(24)17-15-8-4-3-7-14(15)10-12-23(17)19(25)16(21)9-5-6-11-22-20/h3-4,7-8,13,16-17,22H,5-6,9-12,21H2,1-2H3/t16-,17-/m0/s1. The summed E-state index contributed by atoms with van der Waals surface area (Å²) in [5.41, 5.74) is 8.22. The summed E-state index contributed by atoms with van der Waals surface area (Å²) in [6.07, 6.45) is 3.03. The van der Waals surface area contributed by atoms with Crippen LogP contribution in [0.3, 0.4) is 0 Å². The Labute approximate surface area is 155 Å². The van der Waals surface area contributed by atoms with Crippen molar-refractivity contribution in [2.45, 2.75) is 51.6 Å². The van der Waals surface area contributed by atoms with E-state index in [4.69, 9.17) is 17.5 Å². The van der Waals surface area contributed by atoms with Gasteiger partial charge in [0.15, 0.2) is 5.78 Å². The van der Waals surface area contributed by atoms with Gasteiger partial charge in [0.2, 0.25) is 5.91 Å². The van der Waals surface area contributed by atoms with Crippen molar-refractivity contribution in [3.8, 4) is 0 Å². The van der Waals surface area contributed by atoms with Crippen LogP contribution in [0, 0.1) is 5.92 Å². The average molecular weight is 366 g/mol. The predicted octanol–water partition coefficient (Wildman–Crippen LogP) is 2.58. The van der Waals surface area contributed by atoms with Gasteiger partial charge in [0, 0.05) is 19.0 Å². The molecule has 1 aromatic carbocycles. The number of halogens is 1. The van der Waals surface area contributed by atoms with Gasteiger partial charge in [0.1, 0.15) is 6.04 Å². The first-order chi connectivity index (χ1) is 12.0. The van der Waals surface area contributed by atoms with E-state index in [-0.39, 0.29) is 17.6 Å². The van der Waals surface area contributed by atoms with E-state index in [2.05, 4.69) is 4.84 Å². The van der Waals surface area contributed by atoms with E-state index in [1.165, 1.54) is 0 Å². The Morgan fingerprint density at radius 2 is 2.04 bits per heavy atom. The molecule has 0 fully saturated rings. The molecule has 138 valence electrons. The predicted molar refractivity (Wildman–Crippen MR) is 100 cm³/mol. The lowest BCUT2D eigenvalue weighted by molar-refractivity contribution is -0.142. The lowest BCUT2D eigenvalue weighted by Crippen LogP contribution is -2.50. The fourth-order valence-electron chi connectivity index (χ4n) is 3.32. The van der Waals surface area contributed by atoms with Crippen molar-refractivity contribution in [1.29, 1.82) is 0 Å². The molecule has 2 rings (SSSR count). The van der Waals surface area contributed by atoms with Crippen molar-refractivity contribution in [2.24, 2.45) is 11.7 Å².